The molecule has 1 aromatic rings. The highest BCUT2D eigenvalue weighted by Gasteiger charge is 2.66. The molecule has 5 nitrogen and oxygen atoms in total. The van der Waals surface area contributed by atoms with E-state index >= 15 is 0 Å². The lowest BCUT2D eigenvalue weighted by Gasteiger charge is -2.47. The van der Waals surface area contributed by atoms with Crippen molar-refractivity contribution in [1.82, 2.24) is 9.62 Å². The first-order chi connectivity index (χ1) is 12.8. The smallest absolute Gasteiger partial charge is 0.212 e. The van der Waals surface area contributed by atoms with Crippen molar-refractivity contribution in [2.24, 2.45) is 16.7 Å². The summed E-state index contributed by atoms with van der Waals surface area (Å²) in [6, 6.07) is 10.1. The van der Waals surface area contributed by atoms with Crippen LogP contribution in [0.4, 0.5) is 0 Å². The van der Waals surface area contributed by atoms with E-state index in [9.17, 15) is 8.42 Å². The fourth-order valence-electron chi connectivity index (χ4n) is 5.95. The van der Waals surface area contributed by atoms with Crippen LogP contribution in [0.5, 0.6) is 0 Å². The van der Waals surface area contributed by atoms with Crippen molar-refractivity contribution in [3.63, 3.8) is 0 Å². The van der Waals surface area contributed by atoms with Gasteiger partial charge in [-0.15, -0.1) is 0 Å². The number of nitrogens with one attached hydrogen (secondary N) is 1. The molecule has 1 heterocycles. The number of rotatable bonds is 6. The summed E-state index contributed by atoms with van der Waals surface area (Å²) in [6.07, 6.45) is 3.29. The highest BCUT2D eigenvalue weighted by atomic mass is 32.2. The standard InChI is InChI=1S/C21H32N2O3S/c1-20(2)18-8-9-21(20,19(14-18)23-10-12-26-13-11-23)16-27(24,25)22-15-17-6-4-3-5-7-17/h3-7,18-19,22H,8-16H2,1-2H3/t18-,19-,21-/m1/s1. The van der Waals surface area contributed by atoms with Crippen LogP contribution in [-0.4, -0.2) is 51.4 Å². The van der Waals surface area contributed by atoms with Crippen LogP contribution in [0.3, 0.4) is 0 Å². The summed E-state index contributed by atoms with van der Waals surface area (Å²) in [5, 5.41) is 0. The largest absolute Gasteiger partial charge is 0.379 e. The number of hydrogen-bond donors (Lipinski definition) is 1. The molecular formula is C21H32N2O3S. The summed E-state index contributed by atoms with van der Waals surface area (Å²) in [4.78, 5) is 2.51. The van der Waals surface area contributed by atoms with Gasteiger partial charge in [-0.1, -0.05) is 44.2 Å². The van der Waals surface area contributed by atoms with Crippen LogP contribution in [0.15, 0.2) is 30.3 Å². The first kappa shape index (κ1) is 19.4. The average Bonchev–Trinajstić information content (AvgIpc) is 3.02. The predicted molar refractivity (Wildman–Crippen MR) is 107 cm³/mol. The number of sulfonamides is 1. The van der Waals surface area contributed by atoms with Crippen molar-refractivity contribution in [1.29, 1.82) is 0 Å². The Hall–Kier alpha value is -0.950. The van der Waals surface area contributed by atoms with E-state index in [-0.39, 0.29) is 16.6 Å². The van der Waals surface area contributed by atoms with Crippen LogP contribution in [-0.2, 0) is 21.3 Å². The second-order valence-electron chi connectivity index (χ2n) is 9.08. The van der Waals surface area contributed by atoms with E-state index < -0.39 is 10.0 Å². The van der Waals surface area contributed by atoms with E-state index in [0.717, 1.165) is 51.1 Å². The summed E-state index contributed by atoms with van der Waals surface area (Å²) in [5.74, 6) is 0.855. The maximum atomic E-state index is 13.1. The summed E-state index contributed by atoms with van der Waals surface area (Å²) in [7, 11) is -3.36. The Morgan fingerprint density at radius 2 is 1.89 bits per heavy atom. The van der Waals surface area contributed by atoms with E-state index in [1.54, 1.807) is 0 Å². The SMILES string of the molecule is CC1(C)[C@@H]2CC[C@@]1(CS(=O)(=O)NCc1ccccc1)[C@H](N1CCOCC1)C2. The van der Waals surface area contributed by atoms with Crippen LogP contribution in [0, 0.1) is 16.7 Å². The maximum absolute atomic E-state index is 13.1. The van der Waals surface area contributed by atoms with E-state index in [4.69, 9.17) is 4.74 Å². The minimum absolute atomic E-state index is 0.0530. The van der Waals surface area contributed by atoms with Gasteiger partial charge in [0.1, 0.15) is 0 Å². The van der Waals surface area contributed by atoms with Gasteiger partial charge in [0.2, 0.25) is 10.0 Å². The molecule has 0 unspecified atom stereocenters. The minimum atomic E-state index is -3.36. The molecule has 1 aromatic carbocycles. The Bertz CT molecular complexity index is 759. The molecule has 2 bridgehead atoms. The van der Waals surface area contributed by atoms with Gasteiger partial charge < -0.3 is 4.74 Å². The van der Waals surface area contributed by atoms with Gasteiger partial charge in [-0.2, -0.15) is 0 Å². The molecule has 3 atom stereocenters. The summed E-state index contributed by atoms with van der Waals surface area (Å²) < 4.78 is 34.6. The quantitative estimate of drug-likeness (QED) is 0.809. The molecule has 0 spiro atoms. The lowest BCUT2D eigenvalue weighted by Crippen LogP contribution is -2.55. The number of fused-ring (bicyclic) bond motifs is 2. The topological polar surface area (TPSA) is 58.6 Å². The van der Waals surface area contributed by atoms with Crippen molar-refractivity contribution < 1.29 is 13.2 Å². The molecule has 0 amide bonds. The molecule has 2 saturated carbocycles. The van der Waals surface area contributed by atoms with E-state index in [1.807, 2.05) is 30.3 Å². The molecule has 150 valence electrons. The van der Waals surface area contributed by atoms with E-state index in [0.29, 0.717) is 18.5 Å². The Balaban J connectivity index is 1.54. The highest BCUT2D eigenvalue weighted by Crippen LogP contribution is 2.67. The molecular weight excluding hydrogens is 360 g/mol. The van der Waals surface area contributed by atoms with Gasteiger partial charge in [0, 0.05) is 31.1 Å². The van der Waals surface area contributed by atoms with Crippen LogP contribution < -0.4 is 4.72 Å². The van der Waals surface area contributed by atoms with Gasteiger partial charge >= 0.3 is 0 Å². The normalized spacial score (nSPS) is 33.4. The number of nitrogens with zero attached hydrogens (tertiary/aromatic N) is 1. The second-order valence-corrected chi connectivity index (χ2v) is 10.9. The predicted octanol–water partition coefficient (Wildman–Crippen LogP) is 2.63. The molecule has 3 fully saturated rings. The van der Waals surface area contributed by atoms with Crippen molar-refractivity contribution in [3.05, 3.63) is 35.9 Å². The Labute approximate surface area is 163 Å². The third kappa shape index (κ3) is 3.46. The molecule has 0 aromatic heterocycles. The Kier molecular flexibility index (Phi) is 5.12. The van der Waals surface area contributed by atoms with Crippen molar-refractivity contribution in [2.75, 3.05) is 32.1 Å². The molecule has 2 aliphatic carbocycles. The lowest BCUT2D eigenvalue weighted by molar-refractivity contribution is -0.0257. The minimum Gasteiger partial charge on any atom is -0.379 e. The Morgan fingerprint density at radius 3 is 2.56 bits per heavy atom. The van der Waals surface area contributed by atoms with Crippen LogP contribution in [0.1, 0.15) is 38.7 Å². The average molecular weight is 393 g/mol. The molecule has 1 saturated heterocycles. The molecule has 4 rings (SSSR count). The summed E-state index contributed by atoms with van der Waals surface area (Å²) in [6.45, 7) is 8.34. The molecule has 1 N–H and O–H groups in total. The third-order valence-electron chi connectivity index (χ3n) is 7.66. The molecule has 0 radical (unpaired) electrons. The van der Waals surface area contributed by atoms with E-state index in [2.05, 4.69) is 23.5 Å². The zero-order valence-corrected chi connectivity index (χ0v) is 17.3. The van der Waals surface area contributed by atoms with Crippen LogP contribution in [0.25, 0.3) is 0 Å². The van der Waals surface area contributed by atoms with Gasteiger partial charge in [0.05, 0.1) is 19.0 Å². The van der Waals surface area contributed by atoms with Gasteiger partial charge in [-0.05, 0) is 36.2 Å². The van der Waals surface area contributed by atoms with Gasteiger partial charge in [0.15, 0.2) is 0 Å². The number of morpholine rings is 1. The third-order valence-corrected chi connectivity index (χ3v) is 9.14. The lowest BCUT2D eigenvalue weighted by atomic mass is 9.68. The molecule has 3 aliphatic rings. The Morgan fingerprint density at radius 1 is 1.19 bits per heavy atom. The van der Waals surface area contributed by atoms with Gasteiger partial charge in [0.25, 0.3) is 0 Å². The fourth-order valence-corrected chi connectivity index (χ4v) is 7.82. The zero-order chi connectivity index (χ0) is 19.1. The van der Waals surface area contributed by atoms with E-state index in [1.165, 1.54) is 0 Å². The molecule has 27 heavy (non-hydrogen) atoms. The van der Waals surface area contributed by atoms with Gasteiger partial charge in [-0.25, -0.2) is 13.1 Å². The maximum Gasteiger partial charge on any atom is 0.212 e. The first-order valence-electron chi connectivity index (χ1n) is 10.2. The number of benzene rings is 1. The van der Waals surface area contributed by atoms with Crippen molar-refractivity contribution >= 4 is 10.0 Å². The van der Waals surface area contributed by atoms with Crippen molar-refractivity contribution in [3.8, 4) is 0 Å². The summed E-state index contributed by atoms with van der Waals surface area (Å²) >= 11 is 0. The number of ether oxygens (including phenoxy) is 1. The second kappa shape index (κ2) is 7.14. The molecule has 1 aliphatic heterocycles. The number of hydrogen-bond acceptors (Lipinski definition) is 4. The first-order valence-corrected chi connectivity index (χ1v) is 11.8. The van der Waals surface area contributed by atoms with Gasteiger partial charge in [-0.3, -0.25) is 4.90 Å². The highest BCUT2D eigenvalue weighted by molar-refractivity contribution is 7.89. The monoisotopic (exact) mass is 392 g/mol. The van der Waals surface area contributed by atoms with Crippen LogP contribution in [0.2, 0.25) is 0 Å². The summed E-state index contributed by atoms with van der Waals surface area (Å²) in [5.41, 5.74) is 0.882. The molecule has 6 heteroatoms. The zero-order valence-electron chi connectivity index (χ0n) is 16.5. The fraction of sp³-hybridized carbons (Fsp3) is 0.714. The van der Waals surface area contributed by atoms with Crippen LogP contribution >= 0.6 is 0 Å². The van der Waals surface area contributed by atoms with Crippen molar-refractivity contribution in [2.45, 2.75) is 45.7 Å².